The van der Waals surface area contributed by atoms with Gasteiger partial charge in [0.1, 0.15) is 5.82 Å². The molecule has 1 aliphatic rings. The molecule has 0 saturated carbocycles. The van der Waals surface area contributed by atoms with Gasteiger partial charge in [-0.1, -0.05) is 11.3 Å². The van der Waals surface area contributed by atoms with E-state index < -0.39 is 10.0 Å². The smallest absolute Gasteiger partial charge is 0.282 e. The van der Waals surface area contributed by atoms with E-state index in [1.807, 2.05) is 0 Å². The van der Waals surface area contributed by atoms with Gasteiger partial charge in [-0.3, -0.25) is 4.72 Å². The molecule has 0 aliphatic carbocycles. The van der Waals surface area contributed by atoms with Gasteiger partial charge in [-0.25, -0.2) is 9.97 Å². The number of thiazole rings is 1. The Kier molecular flexibility index (Phi) is 3.27. The molecule has 1 aliphatic heterocycles. The van der Waals surface area contributed by atoms with Crippen molar-refractivity contribution < 1.29 is 8.42 Å². The van der Waals surface area contributed by atoms with Crippen LogP contribution in [0.2, 0.25) is 0 Å². The molecule has 0 saturated heterocycles. The third-order valence-electron chi connectivity index (χ3n) is 3.19. The number of aryl methyl sites for hydroxylation is 2. The van der Waals surface area contributed by atoms with Crippen molar-refractivity contribution in [2.24, 2.45) is 7.05 Å². The summed E-state index contributed by atoms with van der Waals surface area (Å²) >= 11 is 1.37. The highest BCUT2D eigenvalue weighted by Crippen LogP contribution is 2.27. The first-order valence-corrected chi connectivity index (χ1v) is 8.48. The molecule has 3 heterocycles. The molecule has 0 bridgehead atoms. The number of imidazole rings is 1. The Hall–Kier alpha value is -1.45. The Morgan fingerprint density at radius 1 is 1.45 bits per heavy atom. The average Bonchev–Trinajstić information content (AvgIpc) is 2.93. The summed E-state index contributed by atoms with van der Waals surface area (Å²) in [5, 5.41) is 3.66. The zero-order valence-electron chi connectivity index (χ0n) is 11.2. The number of nitrogens with zero attached hydrogens (tertiary/aromatic N) is 3. The van der Waals surface area contributed by atoms with Gasteiger partial charge < -0.3 is 9.88 Å². The Labute approximate surface area is 121 Å². The fourth-order valence-corrected chi connectivity index (χ4v) is 4.25. The van der Waals surface area contributed by atoms with Crippen molar-refractivity contribution in [2.75, 3.05) is 11.3 Å². The molecule has 2 aromatic heterocycles. The minimum absolute atomic E-state index is 0.0174. The van der Waals surface area contributed by atoms with Gasteiger partial charge in [0, 0.05) is 37.6 Å². The molecule has 3 rings (SSSR count). The van der Waals surface area contributed by atoms with Gasteiger partial charge in [-0.05, 0) is 6.92 Å². The predicted molar refractivity (Wildman–Crippen MR) is 76.3 cm³/mol. The lowest BCUT2D eigenvalue weighted by atomic mass is 10.2. The Morgan fingerprint density at radius 3 is 2.90 bits per heavy atom. The SMILES string of the molecule is Cc1nc(S(=O)(=O)Nc2nc3c(s2)CNCC3)cn1C. The Bertz CT molecular complexity index is 704. The summed E-state index contributed by atoms with van der Waals surface area (Å²) in [5.41, 5.74) is 0.976. The summed E-state index contributed by atoms with van der Waals surface area (Å²) in [6.07, 6.45) is 2.32. The number of hydrogen-bond donors (Lipinski definition) is 2. The predicted octanol–water partition coefficient (Wildman–Crippen LogP) is 0.632. The van der Waals surface area contributed by atoms with E-state index in [4.69, 9.17) is 0 Å². The molecule has 0 atom stereocenters. The first-order chi connectivity index (χ1) is 9.45. The largest absolute Gasteiger partial charge is 0.337 e. The highest BCUT2D eigenvalue weighted by atomic mass is 32.2. The lowest BCUT2D eigenvalue weighted by Gasteiger charge is -2.09. The van der Waals surface area contributed by atoms with Crippen LogP contribution in [0, 0.1) is 6.92 Å². The number of sulfonamides is 1. The molecule has 0 aromatic carbocycles. The monoisotopic (exact) mass is 313 g/mol. The number of rotatable bonds is 3. The molecule has 0 fully saturated rings. The first kappa shape index (κ1) is 13.5. The minimum atomic E-state index is -3.67. The maximum atomic E-state index is 12.2. The standard InChI is InChI=1S/C11H15N5O2S2/c1-7-13-10(6-16(7)2)20(17,18)15-11-14-8-3-4-12-5-9(8)19-11/h6,12H,3-5H2,1-2H3,(H,14,15). The summed E-state index contributed by atoms with van der Waals surface area (Å²) in [4.78, 5) is 9.47. The first-order valence-electron chi connectivity index (χ1n) is 6.18. The van der Waals surface area contributed by atoms with Crippen molar-refractivity contribution in [3.05, 3.63) is 22.6 Å². The van der Waals surface area contributed by atoms with Crippen LogP contribution in [0.3, 0.4) is 0 Å². The van der Waals surface area contributed by atoms with Crippen molar-refractivity contribution in [1.82, 2.24) is 19.9 Å². The summed E-state index contributed by atoms with van der Waals surface area (Å²) in [6, 6.07) is 0. The average molecular weight is 313 g/mol. The van der Waals surface area contributed by atoms with Gasteiger partial charge in [0.15, 0.2) is 10.2 Å². The molecule has 9 heteroatoms. The third kappa shape index (κ3) is 2.43. The second-order valence-electron chi connectivity index (χ2n) is 4.66. The van der Waals surface area contributed by atoms with Crippen LogP contribution in [-0.2, 0) is 30.0 Å². The van der Waals surface area contributed by atoms with Crippen molar-refractivity contribution >= 4 is 26.5 Å². The fourth-order valence-electron chi connectivity index (χ4n) is 1.99. The maximum Gasteiger partial charge on any atom is 0.282 e. The molecule has 108 valence electrons. The van der Waals surface area contributed by atoms with E-state index in [0.29, 0.717) is 11.0 Å². The van der Waals surface area contributed by atoms with Crippen LogP contribution in [0.4, 0.5) is 5.13 Å². The molecule has 0 spiro atoms. The highest BCUT2D eigenvalue weighted by Gasteiger charge is 2.22. The van der Waals surface area contributed by atoms with E-state index >= 15 is 0 Å². The number of aromatic nitrogens is 3. The van der Waals surface area contributed by atoms with E-state index in [1.54, 1.807) is 18.5 Å². The molecule has 0 unspecified atom stereocenters. The Balaban J connectivity index is 1.88. The molecule has 7 nitrogen and oxygen atoms in total. The number of hydrogen-bond acceptors (Lipinski definition) is 6. The fraction of sp³-hybridized carbons (Fsp3) is 0.455. The zero-order valence-corrected chi connectivity index (χ0v) is 12.8. The molecule has 0 amide bonds. The molecule has 0 radical (unpaired) electrons. The van der Waals surface area contributed by atoms with Crippen LogP contribution >= 0.6 is 11.3 Å². The van der Waals surface area contributed by atoms with E-state index in [0.717, 1.165) is 30.1 Å². The number of fused-ring (bicyclic) bond motifs is 1. The topological polar surface area (TPSA) is 88.9 Å². The van der Waals surface area contributed by atoms with Crippen LogP contribution in [0.1, 0.15) is 16.4 Å². The van der Waals surface area contributed by atoms with Crippen molar-refractivity contribution in [1.29, 1.82) is 0 Å². The summed E-state index contributed by atoms with van der Waals surface area (Å²) < 4.78 is 28.7. The minimum Gasteiger partial charge on any atom is -0.337 e. The van der Waals surface area contributed by atoms with Gasteiger partial charge in [-0.2, -0.15) is 8.42 Å². The summed E-state index contributed by atoms with van der Waals surface area (Å²) in [7, 11) is -1.91. The highest BCUT2D eigenvalue weighted by molar-refractivity contribution is 7.92. The van der Waals surface area contributed by atoms with Gasteiger partial charge in [-0.15, -0.1) is 0 Å². The van der Waals surface area contributed by atoms with Crippen LogP contribution in [0.5, 0.6) is 0 Å². The molecular formula is C11H15N5O2S2. The summed E-state index contributed by atoms with van der Waals surface area (Å²) in [5.74, 6) is 0.646. The molecule has 2 N–H and O–H groups in total. The third-order valence-corrected chi connectivity index (χ3v) is 5.54. The van der Waals surface area contributed by atoms with Gasteiger partial charge in [0.2, 0.25) is 0 Å². The zero-order chi connectivity index (χ0) is 14.3. The van der Waals surface area contributed by atoms with Crippen LogP contribution in [0.25, 0.3) is 0 Å². The van der Waals surface area contributed by atoms with E-state index in [9.17, 15) is 8.42 Å². The molecular weight excluding hydrogens is 298 g/mol. The van der Waals surface area contributed by atoms with Crippen LogP contribution in [-0.4, -0.2) is 29.5 Å². The van der Waals surface area contributed by atoms with E-state index in [1.165, 1.54) is 17.5 Å². The molecule has 2 aromatic rings. The number of anilines is 1. The second-order valence-corrected chi connectivity index (χ2v) is 7.37. The maximum absolute atomic E-state index is 12.2. The van der Waals surface area contributed by atoms with Crippen molar-refractivity contribution in [3.63, 3.8) is 0 Å². The van der Waals surface area contributed by atoms with Crippen molar-refractivity contribution in [3.8, 4) is 0 Å². The number of nitrogens with one attached hydrogen (secondary N) is 2. The lowest BCUT2D eigenvalue weighted by Crippen LogP contribution is -2.22. The summed E-state index contributed by atoms with van der Waals surface area (Å²) in [6.45, 7) is 3.38. The quantitative estimate of drug-likeness (QED) is 0.868. The second kappa shape index (κ2) is 4.83. The lowest BCUT2D eigenvalue weighted by molar-refractivity contribution is 0.598. The van der Waals surface area contributed by atoms with Gasteiger partial charge in [0.25, 0.3) is 10.0 Å². The normalized spacial score (nSPS) is 15.1. The Morgan fingerprint density at radius 2 is 2.25 bits per heavy atom. The van der Waals surface area contributed by atoms with E-state index in [-0.39, 0.29) is 5.03 Å². The van der Waals surface area contributed by atoms with Crippen molar-refractivity contribution in [2.45, 2.75) is 24.9 Å². The van der Waals surface area contributed by atoms with Crippen LogP contribution in [0.15, 0.2) is 11.2 Å². The van der Waals surface area contributed by atoms with Gasteiger partial charge >= 0.3 is 0 Å². The van der Waals surface area contributed by atoms with Gasteiger partial charge in [0.05, 0.1) is 5.69 Å². The van der Waals surface area contributed by atoms with E-state index in [2.05, 4.69) is 20.0 Å². The molecule has 20 heavy (non-hydrogen) atoms. The van der Waals surface area contributed by atoms with Crippen LogP contribution < -0.4 is 10.0 Å².